The van der Waals surface area contributed by atoms with Crippen molar-refractivity contribution >= 4 is 15.9 Å². The van der Waals surface area contributed by atoms with E-state index in [4.69, 9.17) is 4.74 Å². The smallest absolute Gasteiger partial charge is 0.258 e. The summed E-state index contributed by atoms with van der Waals surface area (Å²) < 4.78 is 30.1. The van der Waals surface area contributed by atoms with Crippen LogP contribution in [0.25, 0.3) is 0 Å². The van der Waals surface area contributed by atoms with Crippen molar-refractivity contribution in [3.05, 3.63) is 24.3 Å². The zero-order valence-electron chi connectivity index (χ0n) is 12.1. The number of carbonyl (C=O) groups is 1. The fourth-order valence-electron chi connectivity index (χ4n) is 1.43. The first kappa shape index (κ1) is 16.5. The molecule has 0 aromatic heterocycles. The van der Waals surface area contributed by atoms with Crippen LogP contribution in [0.1, 0.15) is 13.8 Å². The highest BCUT2D eigenvalue weighted by Crippen LogP contribution is 2.17. The van der Waals surface area contributed by atoms with Crippen molar-refractivity contribution in [1.29, 1.82) is 0 Å². The Hall–Kier alpha value is -1.60. The van der Waals surface area contributed by atoms with Gasteiger partial charge in [0.1, 0.15) is 5.75 Å². The fourth-order valence-corrected chi connectivity index (χ4v) is 2.33. The Morgan fingerprint density at radius 3 is 2.25 bits per heavy atom. The van der Waals surface area contributed by atoms with Gasteiger partial charge in [-0.2, -0.15) is 0 Å². The van der Waals surface area contributed by atoms with E-state index >= 15 is 0 Å². The number of carbonyl (C=O) groups excluding carboxylic acids is 1. The molecular formula is C13H20N2O4S. The van der Waals surface area contributed by atoms with E-state index in [-0.39, 0.29) is 23.5 Å². The van der Waals surface area contributed by atoms with E-state index in [0.717, 1.165) is 4.31 Å². The zero-order chi connectivity index (χ0) is 15.3. The molecule has 7 heteroatoms. The molecule has 0 saturated carbocycles. The van der Waals surface area contributed by atoms with Gasteiger partial charge >= 0.3 is 0 Å². The van der Waals surface area contributed by atoms with Crippen LogP contribution in [0.4, 0.5) is 0 Å². The zero-order valence-corrected chi connectivity index (χ0v) is 12.9. The summed E-state index contributed by atoms with van der Waals surface area (Å²) in [6.07, 6.45) is 0. The van der Waals surface area contributed by atoms with Crippen molar-refractivity contribution in [2.45, 2.75) is 24.8 Å². The van der Waals surface area contributed by atoms with Gasteiger partial charge in [0.15, 0.2) is 6.61 Å². The summed E-state index contributed by atoms with van der Waals surface area (Å²) in [5.41, 5.74) is 0. The van der Waals surface area contributed by atoms with E-state index in [0.29, 0.717) is 5.75 Å². The predicted molar refractivity (Wildman–Crippen MR) is 76.1 cm³/mol. The molecule has 0 spiro atoms. The van der Waals surface area contributed by atoms with Crippen LogP contribution < -0.4 is 10.1 Å². The van der Waals surface area contributed by atoms with Crippen molar-refractivity contribution in [2.75, 3.05) is 20.7 Å². The summed E-state index contributed by atoms with van der Waals surface area (Å²) in [5, 5.41) is 2.70. The van der Waals surface area contributed by atoms with Crippen LogP contribution in [0.15, 0.2) is 29.2 Å². The van der Waals surface area contributed by atoms with Crippen LogP contribution in [0.2, 0.25) is 0 Å². The van der Waals surface area contributed by atoms with Gasteiger partial charge in [0, 0.05) is 20.1 Å². The number of nitrogens with zero attached hydrogens (tertiary/aromatic N) is 1. The standard InChI is InChI=1S/C13H20N2O4S/c1-10(2)14-13(16)9-19-11-5-7-12(8-6-11)20(17,18)15(3)4/h5-8,10H,9H2,1-4H3,(H,14,16). The van der Waals surface area contributed by atoms with Gasteiger partial charge in [-0.1, -0.05) is 0 Å². The molecule has 6 nitrogen and oxygen atoms in total. The van der Waals surface area contributed by atoms with E-state index in [1.54, 1.807) is 0 Å². The average Bonchev–Trinajstić information content (AvgIpc) is 2.36. The van der Waals surface area contributed by atoms with Gasteiger partial charge in [-0.3, -0.25) is 4.79 Å². The molecule has 0 fully saturated rings. The van der Waals surface area contributed by atoms with Gasteiger partial charge < -0.3 is 10.1 Å². The van der Waals surface area contributed by atoms with E-state index in [1.165, 1.54) is 38.4 Å². The molecule has 0 bridgehead atoms. The molecule has 0 aliphatic carbocycles. The number of ether oxygens (including phenoxy) is 1. The molecule has 0 radical (unpaired) electrons. The molecule has 0 saturated heterocycles. The van der Waals surface area contributed by atoms with E-state index < -0.39 is 10.0 Å². The van der Waals surface area contributed by atoms with Crippen molar-refractivity contribution in [3.8, 4) is 5.75 Å². The minimum absolute atomic E-state index is 0.0544. The lowest BCUT2D eigenvalue weighted by molar-refractivity contribution is -0.123. The van der Waals surface area contributed by atoms with E-state index in [1.807, 2.05) is 13.8 Å². The largest absolute Gasteiger partial charge is 0.484 e. The third kappa shape index (κ3) is 4.50. The molecule has 20 heavy (non-hydrogen) atoms. The molecule has 1 amide bonds. The lowest BCUT2D eigenvalue weighted by atomic mass is 10.3. The molecule has 0 aliphatic rings. The van der Waals surface area contributed by atoms with Crippen LogP contribution >= 0.6 is 0 Å². The first-order valence-electron chi connectivity index (χ1n) is 6.18. The summed E-state index contributed by atoms with van der Waals surface area (Å²) in [7, 11) is -0.506. The van der Waals surface area contributed by atoms with Crippen LogP contribution in [0.5, 0.6) is 5.75 Å². The van der Waals surface area contributed by atoms with Gasteiger partial charge in [0.25, 0.3) is 5.91 Å². The lowest BCUT2D eigenvalue weighted by Crippen LogP contribution is -2.34. The quantitative estimate of drug-likeness (QED) is 0.844. The Balaban J connectivity index is 2.67. The van der Waals surface area contributed by atoms with Gasteiger partial charge in [0.2, 0.25) is 10.0 Å². The van der Waals surface area contributed by atoms with Gasteiger partial charge in [-0.05, 0) is 38.1 Å². The molecule has 112 valence electrons. The summed E-state index contributed by atoms with van der Waals surface area (Å²) >= 11 is 0. The molecule has 0 aliphatic heterocycles. The minimum Gasteiger partial charge on any atom is -0.484 e. The fraction of sp³-hybridized carbons (Fsp3) is 0.462. The van der Waals surface area contributed by atoms with Gasteiger partial charge in [-0.25, -0.2) is 12.7 Å². The highest BCUT2D eigenvalue weighted by Gasteiger charge is 2.16. The first-order valence-corrected chi connectivity index (χ1v) is 7.62. The van der Waals surface area contributed by atoms with Crippen LogP contribution in [-0.4, -0.2) is 45.4 Å². The molecular weight excluding hydrogens is 280 g/mol. The van der Waals surface area contributed by atoms with Crippen molar-refractivity contribution in [3.63, 3.8) is 0 Å². The summed E-state index contributed by atoms with van der Waals surface area (Å²) in [4.78, 5) is 11.6. The minimum atomic E-state index is -3.44. The first-order chi connectivity index (χ1) is 9.23. The third-order valence-corrected chi connectivity index (χ3v) is 4.25. The van der Waals surface area contributed by atoms with Gasteiger partial charge in [-0.15, -0.1) is 0 Å². The van der Waals surface area contributed by atoms with E-state index in [9.17, 15) is 13.2 Å². The monoisotopic (exact) mass is 300 g/mol. The van der Waals surface area contributed by atoms with Crippen molar-refractivity contribution < 1.29 is 17.9 Å². The van der Waals surface area contributed by atoms with E-state index in [2.05, 4.69) is 5.32 Å². The number of hydrogen-bond donors (Lipinski definition) is 1. The van der Waals surface area contributed by atoms with Gasteiger partial charge in [0.05, 0.1) is 4.90 Å². The lowest BCUT2D eigenvalue weighted by Gasteiger charge is -2.12. The second-order valence-electron chi connectivity index (χ2n) is 4.77. The number of nitrogens with one attached hydrogen (secondary N) is 1. The Labute approximate surface area is 119 Å². The Bertz CT molecular complexity index is 550. The second-order valence-corrected chi connectivity index (χ2v) is 6.92. The number of benzene rings is 1. The summed E-state index contributed by atoms with van der Waals surface area (Å²) in [6.45, 7) is 3.62. The maximum absolute atomic E-state index is 11.9. The van der Waals surface area contributed by atoms with Crippen LogP contribution in [-0.2, 0) is 14.8 Å². The second kappa shape index (κ2) is 6.71. The molecule has 0 atom stereocenters. The summed E-state index contributed by atoms with van der Waals surface area (Å²) in [5.74, 6) is 0.228. The number of rotatable bonds is 6. The molecule has 0 heterocycles. The Morgan fingerprint density at radius 2 is 1.80 bits per heavy atom. The average molecular weight is 300 g/mol. The molecule has 1 aromatic carbocycles. The maximum Gasteiger partial charge on any atom is 0.258 e. The highest BCUT2D eigenvalue weighted by molar-refractivity contribution is 7.89. The predicted octanol–water partition coefficient (Wildman–Crippen LogP) is 0.840. The number of amides is 1. The Kier molecular flexibility index (Phi) is 5.52. The number of hydrogen-bond acceptors (Lipinski definition) is 4. The molecule has 1 aromatic rings. The molecule has 1 rings (SSSR count). The normalized spacial score (nSPS) is 11.7. The molecule has 1 N–H and O–H groups in total. The highest BCUT2D eigenvalue weighted by atomic mass is 32.2. The SMILES string of the molecule is CC(C)NC(=O)COc1ccc(S(=O)(=O)N(C)C)cc1. The maximum atomic E-state index is 11.9. The van der Waals surface area contributed by atoms with Crippen molar-refractivity contribution in [1.82, 2.24) is 9.62 Å². The molecule has 0 unspecified atom stereocenters. The Morgan fingerprint density at radius 1 is 1.25 bits per heavy atom. The van der Waals surface area contributed by atoms with Crippen LogP contribution in [0.3, 0.4) is 0 Å². The van der Waals surface area contributed by atoms with Crippen LogP contribution in [0, 0.1) is 0 Å². The third-order valence-electron chi connectivity index (χ3n) is 2.42. The van der Waals surface area contributed by atoms with Crippen molar-refractivity contribution in [2.24, 2.45) is 0 Å². The summed E-state index contributed by atoms with van der Waals surface area (Å²) in [6, 6.07) is 6.01. The topological polar surface area (TPSA) is 75.7 Å². The number of sulfonamides is 1.